The number of nitrogens with zero attached hydrogens (tertiary/aromatic N) is 1. The SMILES string of the molecule is CC(C)(C)C1CCC(C(=O)OCC(=O)Nc2cc(S(=O)(=O)N3CCOCC3)ccc2Cl)CC1. The van der Waals surface area contributed by atoms with Gasteiger partial charge in [0.2, 0.25) is 10.0 Å². The van der Waals surface area contributed by atoms with Gasteiger partial charge in [0.15, 0.2) is 6.61 Å². The molecule has 1 N–H and O–H groups in total. The molecule has 184 valence electrons. The number of carbonyl (C=O) groups excluding carboxylic acids is 2. The maximum Gasteiger partial charge on any atom is 0.309 e. The van der Waals surface area contributed by atoms with Crippen LogP contribution < -0.4 is 5.32 Å². The Balaban J connectivity index is 1.55. The fraction of sp³-hybridized carbons (Fsp3) is 0.652. The highest BCUT2D eigenvalue weighted by Crippen LogP contribution is 2.40. The second kappa shape index (κ2) is 10.7. The third-order valence-corrected chi connectivity index (χ3v) is 8.67. The third kappa shape index (κ3) is 6.68. The molecular weight excluding hydrogens is 468 g/mol. The first-order valence-electron chi connectivity index (χ1n) is 11.3. The summed E-state index contributed by atoms with van der Waals surface area (Å²) in [5, 5.41) is 2.75. The van der Waals surface area contributed by atoms with E-state index in [0.29, 0.717) is 19.1 Å². The number of morpholine rings is 1. The van der Waals surface area contributed by atoms with E-state index in [0.717, 1.165) is 25.7 Å². The van der Waals surface area contributed by atoms with Gasteiger partial charge in [0, 0.05) is 13.1 Å². The van der Waals surface area contributed by atoms with Crippen LogP contribution in [0.15, 0.2) is 23.1 Å². The van der Waals surface area contributed by atoms with E-state index in [9.17, 15) is 18.0 Å². The van der Waals surface area contributed by atoms with Gasteiger partial charge in [0.25, 0.3) is 5.91 Å². The number of hydrogen-bond donors (Lipinski definition) is 1. The topological polar surface area (TPSA) is 102 Å². The van der Waals surface area contributed by atoms with Crippen molar-refractivity contribution in [1.29, 1.82) is 0 Å². The molecule has 1 heterocycles. The minimum Gasteiger partial charge on any atom is -0.455 e. The standard InChI is InChI=1S/C23H33ClN2O6S/c1-23(2,3)17-6-4-16(5-7-17)22(28)32-15-21(27)25-20-14-18(8-9-19(20)24)33(29,30)26-10-12-31-13-11-26/h8-9,14,16-17H,4-7,10-13,15H2,1-3H3,(H,25,27). The summed E-state index contributed by atoms with van der Waals surface area (Å²) in [6.07, 6.45) is 3.45. The lowest BCUT2D eigenvalue weighted by Gasteiger charge is -2.36. The number of carbonyl (C=O) groups is 2. The van der Waals surface area contributed by atoms with E-state index >= 15 is 0 Å². The monoisotopic (exact) mass is 500 g/mol. The van der Waals surface area contributed by atoms with E-state index in [1.807, 2.05) is 0 Å². The minimum atomic E-state index is -3.73. The summed E-state index contributed by atoms with van der Waals surface area (Å²) < 4.78 is 37.5. The first-order valence-corrected chi connectivity index (χ1v) is 13.1. The van der Waals surface area contributed by atoms with Gasteiger partial charge in [0.1, 0.15) is 0 Å². The summed E-state index contributed by atoms with van der Waals surface area (Å²) in [6, 6.07) is 4.14. The molecule has 1 aliphatic carbocycles. The number of sulfonamides is 1. The van der Waals surface area contributed by atoms with Crippen LogP contribution in [-0.4, -0.2) is 57.5 Å². The first kappa shape index (κ1) is 25.9. The van der Waals surface area contributed by atoms with Gasteiger partial charge in [-0.15, -0.1) is 0 Å². The van der Waals surface area contributed by atoms with Gasteiger partial charge in [0.05, 0.1) is 34.7 Å². The molecule has 0 aromatic heterocycles. The molecule has 0 spiro atoms. The van der Waals surface area contributed by atoms with Crippen molar-refractivity contribution in [3.8, 4) is 0 Å². The second-order valence-electron chi connectivity index (χ2n) is 9.73. The van der Waals surface area contributed by atoms with Crippen molar-refractivity contribution in [3.63, 3.8) is 0 Å². The number of amides is 1. The molecule has 33 heavy (non-hydrogen) atoms. The molecule has 1 aliphatic heterocycles. The molecule has 1 amide bonds. The van der Waals surface area contributed by atoms with Gasteiger partial charge in [-0.2, -0.15) is 4.31 Å². The van der Waals surface area contributed by atoms with Crippen LogP contribution in [0.4, 0.5) is 5.69 Å². The Bertz CT molecular complexity index is 962. The third-order valence-electron chi connectivity index (χ3n) is 6.45. The Morgan fingerprint density at radius 2 is 1.79 bits per heavy atom. The van der Waals surface area contributed by atoms with E-state index in [2.05, 4.69) is 26.1 Å². The zero-order valence-electron chi connectivity index (χ0n) is 19.4. The number of benzene rings is 1. The van der Waals surface area contributed by atoms with E-state index < -0.39 is 22.5 Å². The predicted molar refractivity (Wildman–Crippen MR) is 126 cm³/mol. The van der Waals surface area contributed by atoms with Crippen LogP contribution >= 0.6 is 11.6 Å². The summed E-state index contributed by atoms with van der Waals surface area (Å²) in [6.45, 7) is 7.39. The number of anilines is 1. The summed E-state index contributed by atoms with van der Waals surface area (Å²) in [7, 11) is -3.73. The quantitative estimate of drug-likeness (QED) is 0.597. The second-order valence-corrected chi connectivity index (χ2v) is 12.1. The maximum absolute atomic E-state index is 12.9. The highest BCUT2D eigenvalue weighted by molar-refractivity contribution is 7.89. The highest BCUT2D eigenvalue weighted by Gasteiger charge is 2.33. The molecule has 10 heteroatoms. The fourth-order valence-corrected chi connectivity index (χ4v) is 5.93. The van der Waals surface area contributed by atoms with Crippen molar-refractivity contribution in [1.82, 2.24) is 4.31 Å². The van der Waals surface area contributed by atoms with Crippen LogP contribution in [0.25, 0.3) is 0 Å². The van der Waals surface area contributed by atoms with Crippen LogP contribution in [0.5, 0.6) is 0 Å². The molecule has 0 atom stereocenters. The van der Waals surface area contributed by atoms with Crippen LogP contribution in [0.1, 0.15) is 46.5 Å². The first-order chi connectivity index (χ1) is 15.5. The molecule has 2 aliphatic rings. The molecular formula is C23H33ClN2O6S. The Morgan fingerprint density at radius 3 is 2.39 bits per heavy atom. The average molecular weight is 501 g/mol. The Morgan fingerprint density at radius 1 is 1.15 bits per heavy atom. The number of nitrogens with one attached hydrogen (secondary N) is 1. The number of hydrogen-bond acceptors (Lipinski definition) is 6. The van der Waals surface area contributed by atoms with Crippen molar-refractivity contribution < 1.29 is 27.5 Å². The molecule has 1 saturated carbocycles. The number of esters is 1. The molecule has 0 radical (unpaired) electrons. The van der Waals surface area contributed by atoms with Gasteiger partial charge in [-0.1, -0.05) is 32.4 Å². The molecule has 0 bridgehead atoms. The normalized spacial score (nSPS) is 22.5. The number of ether oxygens (including phenoxy) is 2. The Kier molecular flexibility index (Phi) is 8.42. The average Bonchev–Trinajstić information content (AvgIpc) is 2.79. The lowest BCUT2D eigenvalue weighted by Crippen LogP contribution is -2.40. The predicted octanol–water partition coefficient (Wildman–Crippen LogP) is 3.70. The zero-order valence-corrected chi connectivity index (χ0v) is 21.0. The molecule has 1 aromatic carbocycles. The molecule has 1 saturated heterocycles. The maximum atomic E-state index is 12.9. The Hall–Kier alpha value is -1.68. The van der Waals surface area contributed by atoms with Gasteiger partial charge < -0.3 is 14.8 Å². The summed E-state index contributed by atoms with van der Waals surface area (Å²) in [5.74, 6) is -0.559. The van der Waals surface area contributed by atoms with E-state index in [4.69, 9.17) is 21.1 Å². The van der Waals surface area contributed by atoms with Crippen LogP contribution in [0, 0.1) is 17.3 Å². The Labute approximate surface area is 201 Å². The lowest BCUT2D eigenvalue weighted by molar-refractivity contribution is -0.153. The minimum absolute atomic E-state index is 0.0247. The molecule has 0 unspecified atom stereocenters. The smallest absolute Gasteiger partial charge is 0.309 e. The highest BCUT2D eigenvalue weighted by atomic mass is 35.5. The molecule has 8 nitrogen and oxygen atoms in total. The largest absolute Gasteiger partial charge is 0.455 e. The van der Waals surface area contributed by atoms with Gasteiger partial charge in [-0.25, -0.2) is 8.42 Å². The summed E-state index contributed by atoms with van der Waals surface area (Å²) in [4.78, 5) is 24.8. The van der Waals surface area contributed by atoms with Crippen LogP contribution in [0.2, 0.25) is 5.02 Å². The van der Waals surface area contributed by atoms with Gasteiger partial charge in [-0.05, 0) is 55.2 Å². The van der Waals surface area contributed by atoms with Crippen molar-refractivity contribution in [2.24, 2.45) is 17.3 Å². The van der Waals surface area contributed by atoms with Gasteiger partial charge in [-0.3, -0.25) is 9.59 Å². The van der Waals surface area contributed by atoms with Crippen LogP contribution in [-0.2, 0) is 29.1 Å². The molecule has 3 rings (SSSR count). The zero-order chi connectivity index (χ0) is 24.2. The van der Waals surface area contributed by atoms with E-state index in [1.54, 1.807) is 0 Å². The summed E-state index contributed by atoms with van der Waals surface area (Å²) >= 11 is 6.16. The number of rotatable bonds is 6. The number of halogens is 1. The van der Waals surface area contributed by atoms with Crippen LogP contribution in [0.3, 0.4) is 0 Å². The van der Waals surface area contributed by atoms with Crippen molar-refractivity contribution in [2.45, 2.75) is 51.3 Å². The van der Waals surface area contributed by atoms with Crippen molar-refractivity contribution in [3.05, 3.63) is 23.2 Å². The van der Waals surface area contributed by atoms with Gasteiger partial charge >= 0.3 is 5.97 Å². The van der Waals surface area contributed by atoms with Crippen molar-refractivity contribution in [2.75, 3.05) is 38.2 Å². The van der Waals surface area contributed by atoms with Crippen molar-refractivity contribution >= 4 is 39.2 Å². The molecule has 1 aromatic rings. The fourth-order valence-electron chi connectivity index (χ4n) is 4.33. The molecule has 2 fully saturated rings. The van der Waals surface area contributed by atoms with E-state index in [1.165, 1.54) is 22.5 Å². The summed E-state index contributed by atoms with van der Waals surface area (Å²) in [5.41, 5.74) is 0.371. The lowest BCUT2D eigenvalue weighted by atomic mass is 9.70. The van der Waals surface area contributed by atoms with E-state index in [-0.39, 0.29) is 46.0 Å².